The summed E-state index contributed by atoms with van der Waals surface area (Å²) >= 11 is 0. The van der Waals surface area contributed by atoms with Gasteiger partial charge in [-0.05, 0) is 42.4 Å². The smallest absolute Gasteiger partial charge is 0.219 e. The van der Waals surface area contributed by atoms with Gasteiger partial charge in [-0.1, -0.05) is 6.92 Å². The number of carbonyl (C=O) groups is 1. The van der Waals surface area contributed by atoms with Crippen LogP contribution in [0.5, 0.6) is 5.75 Å². The third-order valence-corrected chi connectivity index (χ3v) is 4.26. The predicted molar refractivity (Wildman–Crippen MR) is 76.5 cm³/mol. The highest BCUT2D eigenvalue weighted by Crippen LogP contribution is 2.36. The second kappa shape index (κ2) is 5.81. The summed E-state index contributed by atoms with van der Waals surface area (Å²) in [6.07, 6.45) is 0.809. The van der Waals surface area contributed by atoms with Gasteiger partial charge in [-0.2, -0.15) is 0 Å². The lowest BCUT2D eigenvalue weighted by Crippen LogP contribution is -2.41. The maximum Gasteiger partial charge on any atom is 0.219 e. The number of halogens is 1. The van der Waals surface area contributed by atoms with Gasteiger partial charge >= 0.3 is 0 Å². The van der Waals surface area contributed by atoms with Gasteiger partial charge in [0.2, 0.25) is 5.91 Å². The Labute approximate surface area is 119 Å². The van der Waals surface area contributed by atoms with Crippen molar-refractivity contribution in [2.45, 2.75) is 33.1 Å². The summed E-state index contributed by atoms with van der Waals surface area (Å²) < 4.78 is 19.4. The largest absolute Gasteiger partial charge is 0.496 e. The normalized spacial score (nSPS) is 22.8. The van der Waals surface area contributed by atoms with Crippen molar-refractivity contribution in [3.05, 3.63) is 29.1 Å². The molecular formula is C16H22FNO2. The zero-order chi connectivity index (χ0) is 14.9. The number of hydrogen-bond donors (Lipinski definition) is 0. The van der Waals surface area contributed by atoms with E-state index in [1.807, 2.05) is 17.9 Å². The Morgan fingerprint density at radius 3 is 2.70 bits per heavy atom. The van der Waals surface area contributed by atoms with Crippen LogP contribution in [0.2, 0.25) is 0 Å². The second-order valence-corrected chi connectivity index (χ2v) is 5.68. The Morgan fingerprint density at radius 1 is 1.45 bits per heavy atom. The molecule has 1 aliphatic heterocycles. The van der Waals surface area contributed by atoms with Crippen LogP contribution in [0.15, 0.2) is 12.1 Å². The lowest BCUT2D eigenvalue weighted by Gasteiger charge is -2.37. The number of ether oxygens (including phenoxy) is 1. The summed E-state index contributed by atoms with van der Waals surface area (Å²) in [5.41, 5.74) is 1.70. The molecule has 2 rings (SSSR count). The van der Waals surface area contributed by atoms with Gasteiger partial charge in [-0.15, -0.1) is 0 Å². The summed E-state index contributed by atoms with van der Waals surface area (Å²) in [7, 11) is 1.55. The van der Waals surface area contributed by atoms with Gasteiger partial charge in [-0.3, -0.25) is 4.79 Å². The van der Waals surface area contributed by atoms with Gasteiger partial charge in [0.25, 0.3) is 0 Å². The van der Waals surface area contributed by atoms with Crippen molar-refractivity contribution in [3.8, 4) is 5.75 Å². The average molecular weight is 279 g/mol. The number of amides is 1. The van der Waals surface area contributed by atoms with E-state index in [0.29, 0.717) is 18.8 Å². The molecule has 4 heteroatoms. The molecule has 20 heavy (non-hydrogen) atoms. The lowest BCUT2D eigenvalue weighted by molar-refractivity contribution is -0.130. The Kier molecular flexibility index (Phi) is 4.31. The number of nitrogens with zero attached hydrogens (tertiary/aromatic N) is 1. The molecule has 3 nitrogen and oxygen atoms in total. The minimum atomic E-state index is -0.208. The molecule has 0 bridgehead atoms. The van der Waals surface area contributed by atoms with Crippen molar-refractivity contribution < 1.29 is 13.9 Å². The molecule has 1 fully saturated rings. The Balaban J connectivity index is 2.24. The number of benzene rings is 1. The van der Waals surface area contributed by atoms with E-state index in [4.69, 9.17) is 4.74 Å². The first-order valence-electron chi connectivity index (χ1n) is 7.03. The molecule has 0 radical (unpaired) electrons. The van der Waals surface area contributed by atoms with E-state index in [2.05, 4.69) is 6.92 Å². The second-order valence-electron chi connectivity index (χ2n) is 5.68. The summed E-state index contributed by atoms with van der Waals surface area (Å²) in [6.45, 7) is 7.00. The maximum absolute atomic E-state index is 14.3. The monoisotopic (exact) mass is 279 g/mol. The van der Waals surface area contributed by atoms with Crippen LogP contribution in [0.3, 0.4) is 0 Å². The van der Waals surface area contributed by atoms with Crippen LogP contribution in [-0.2, 0) is 4.79 Å². The van der Waals surface area contributed by atoms with Crippen molar-refractivity contribution in [2.75, 3.05) is 20.2 Å². The molecule has 0 spiro atoms. The van der Waals surface area contributed by atoms with Crippen molar-refractivity contribution in [1.82, 2.24) is 4.90 Å². The highest BCUT2D eigenvalue weighted by molar-refractivity contribution is 5.73. The minimum absolute atomic E-state index is 0.0988. The Morgan fingerprint density at radius 2 is 2.15 bits per heavy atom. The fourth-order valence-electron chi connectivity index (χ4n) is 3.08. The summed E-state index contributed by atoms with van der Waals surface area (Å²) in [4.78, 5) is 13.3. The molecule has 1 aromatic carbocycles. The van der Waals surface area contributed by atoms with E-state index in [9.17, 15) is 9.18 Å². The molecule has 2 unspecified atom stereocenters. The van der Waals surface area contributed by atoms with Crippen LogP contribution < -0.4 is 4.74 Å². The van der Waals surface area contributed by atoms with Crippen molar-refractivity contribution >= 4 is 5.91 Å². The zero-order valence-corrected chi connectivity index (χ0v) is 12.6. The van der Waals surface area contributed by atoms with Gasteiger partial charge < -0.3 is 9.64 Å². The van der Waals surface area contributed by atoms with Crippen LogP contribution in [0, 0.1) is 18.7 Å². The third-order valence-electron chi connectivity index (χ3n) is 4.26. The maximum atomic E-state index is 14.3. The number of likely N-dealkylation sites (tertiary alicyclic amines) is 1. The van der Waals surface area contributed by atoms with E-state index in [1.165, 1.54) is 6.07 Å². The third kappa shape index (κ3) is 2.79. The molecule has 1 aromatic rings. The summed E-state index contributed by atoms with van der Waals surface area (Å²) in [5, 5.41) is 0. The molecule has 0 aliphatic carbocycles. The van der Waals surface area contributed by atoms with Crippen LogP contribution >= 0.6 is 0 Å². The standard InChI is InChI=1S/C16H22FNO2/c1-10-7-14(15(17)8-16(10)20-4)13-5-6-18(12(3)19)9-11(13)2/h7-8,11,13H,5-6,9H2,1-4H3. The zero-order valence-electron chi connectivity index (χ0n) is 12.6. The molecule has 110 valence electrons. The quantitative estimate of drug-likeness (QED) is 0.832. The highest BCUT2D eigenvalue weighted by atomic mass is 19.1. The Hall–Kier alpha value is -1.58. The fourth-order valence-corrected chi connectivity index (χ4v) is 3.08. The lowest BCUT2D eigenvalue weighted by atomic mass is 9.81. The van der Waals surface area contributed by atoms with E-state index >= 15 is 0 Å². The molecule has 1 heterocycles. The molecule has 1 amide bonds. The van der Waals surface area contributed by atoms with Gasteiger partial charge in [0.15, 0.2) is 0 Å². The predicted octanol–water partition coefficient (Wildman–Crippen LogP) is 3.11. The van der Waals surface area contributed by atoms with E-state index in [-0.39, 0.29) is 23.6 Å². The molecule has 0 saturated carbocycles. The average Bonchev–Trinajstić information content (AvgIpc) is 2.41. The van der Waals surface area contributed by atoms with Gasteiger partial charge in [0, 0.05) is 26.1 Å². The summed E-state index contributed by atoms with van der Waals surface area (Å²) in [6, 6.07) is 3.35. The van der Waals surface area contributed by atoms with Crippen molar-refractivity contribution in [3.63, 3.8) is 0 Å². The number of piperidine rings is 1. The first kappa shape index (κ1) is 14.8. The molecule has 1 aliphatic rings. The topological polar surface area (TPSA) is 29.5 Å². The first-order chi connectivity index (χ1) is 9.43. The summed E-state index contributed by atoms with van der Waals surface area (Å²) in [5.74, 6) is 0.896. The molecular weight excluding hydrogens is 257 g/mol. The fraction of sp³-hybridized carbons (Fsp3) is 0.562. The molecule has 1 saturated heterocycles. The molecule has 0 aromatic heterocycles. The van der Waals surface area contributed by atoms with Crippen LogP contribution in [-0.4, -0.2) is 31.0 Å². The van der Waals surface area contributed by atoms with Crippen molar-refractivity contribution in [1.29, 1.82) is 0 Å². The van der Waals surface area contributed by atoms with Crippen LogP contribution in [0.1, 0.15) is 37.3 Å². The number of carbonyl (C=O) groups excluding carboxylic acids is 1. The van der Waals surface area contributed by atoms with Gasteiger partial charge in [0.05, 0.1) is 7.11 Å². The number of aryl methyl sites for hydroxylation is 1. The van der Waals surface area contributed by atoms with E-state index in [0.717, 1.165) is 17.5 Å². The number of rotatable bonds is 2. The Bertz CT molecular complexity index is 515. The van der Waals surface area contributed by atoms with Gasteiger partial charge in [0.1, 0.15) is 11.6 Å². The minimum Gasteiger partial charge on any atom is -0.496 e. The van der Waals surface area contributed by atoms with E-state index < -0.39 is 0 Å². The molecule has 2 atom stereocenters. The van der Waals surface area contributed by atoms with E-state index in [1.54, 1.807) is 14.0 Å². The first-order valence-corrected chi connectivity index (χ1v) is 7.03. The van der Waals surface area contributed by atoms with Crippen LogP contribution in [0.25, 0.3) is 0 Å². The molecule has 0 N–H and O–H groups in total. The van der Waals surface area contributed by atoms with Crippen LogP contribution in [0.4, 0.5) is 4.39 Å². The SMILES string of the molecule is COc1cc(F)c(C2CCN(C(C)=O)CC2C)cc1C. The van der Waals surface area contributed by atoms with Crippen molar-refractivity contribution in [2.24, 2.45) is 5.92 Å². The highest BCUT2D eigenvalue weighted by Gasteiger charge is 2.30. The number of hydrogen-bond acceptors (Lipinski definition) is 2. The number of methoxy groups -OCH3 is 1. The van der Waals surface area contributed by atoms with Gasteiger partial charge in [-0.25, -0.2) is 4.39 Å².